The third-order valence-electron chi connectivity index (χ3n) is 8.38. The van der Waals surface area contributed by atoms with Crippen LogP contribution >= 0.6 is 0 Å². The van der Waals surface area contributed by atoms with Crippen LogP contribution < -0.4 is 4.74 Å². The van der Waals surface area contributed by atoms with Crippen molar-refractivity contribution in [2.24, 2.45) is 5.92 Å². The number of hydrogen-bond acceptors (Lipinski definition) is 5. The van der Waals surface area contributed by atoms with Crippen LogP contribution in [0.15, 0.2) is 24.3 Å². The second-order valence-electron chi connectivity index (χ2n) is 13.4. The Morgan fingerprint density at radius 1 is 0.889 bits per heavy atom. The highest BCUT2D eigenvalue weighted by molar-refractivity contribution is 6.74. The molecular weight excluding hydrogens is 484 g/mol. The van der Waals surface area contributed by atoms with Gasteiger partial charge in [-0.3, -0.25) is 0 Å². The normalized spacial score (nSPS) is 17.7. The number of benzene rings is 1. The highest BCUT2D eigenvalue weighted by Gasteiger charge is 2.54. The molecular formula is C29H54O5Si2. The molecule has 208 valence electrons. The lowest BCUT2D eigenvalue weighted by atomic mass is 9.84. The number of rotatable bonds is 13. The first-order chi connectivity index (χ1) is 16.3. The van der Waals surface area contributed by atoms with Gasteiger partial charge >= 0.3 is 0 Å². The molecule has 5 nitrogen and oxygen atoms in total. The maximum Gasteiger partial charge on any atom is 0.193 e. The van der Waals surface area contributed by atoms with Gasteiger partial charge in [-0.05, 0) is 67.3 Å². The Kier molecular flexibility index (Phi) is 11.2. The van der Waals surface area contributed by atoms with Crippen molar-refractivity contribution < 1.29 is 23.1 Å². The van der Waals surface area contributed by atoms with E-state index >= 15 is 0 Å². The molecule has 0 amide bonds. The third kappa shape index (κ3) is 8.00. The first kappa shape index (κ1) is 33.0. The fraction of sp³-hybridized carbons (Fsp3) is 0.759. The van der Waals surface area contributed by atoms with Gasteiger partial charge in [0, 0.05) is 5.92 Å². The van der Waals surface area contributed by atoms with Crippen molar-refractivity contribution in [2.75, 3.05) is 7.11 Å². The van der Waals surface area contributed by atoms with Crippen LogP contribution in [0.4, 0.5) is 0 Å². The molecule has 0 aliphatic heterocycles. The highest BCUT2D eigenvalue weighted by Crippen LogP contribution is 2.45. The van der Waals surface area contributed by atoms with Crippen molar-refractivity contribution in [1.82, 2.24) is 0 Å². The van der Waals surface area contributed by atoms with Crippen molar-refractivity contribution in [1.29, 1.82) is 0 Å². The molecule has 0 saturated carbocycles. The maximum atomic E-state index is 12.2. The molecule has 0 fully saturated rings. The van der Waals surface area contributed by atoms with Gasteiger partial charge in [0.15, 0.2) is 16.6 Å². The fourth-order valence-electron chi connectivity index (χ4n) is 3.97. The summed E-state index contributed by atoms with van der Waals surface area (Å²) in [4.78, 5) is 12.2. The molecule has 0 spiro atoms. The van der Waals surface area contributed by atoms with E-state index in [4.69, 9.17) is 18.3 Å². The SMILES string of the molecule is CC[C@@H](O[Si](C)(C)C(C)(C)C)[C@@](C)(O[Si](C)(C)C(C)(C)C)[C@H](OCc1ccc(OC)cc1)[C@@H](C)C=O. The molecule has 0 aliphatic rings. The van der Waals surface area contributed by atoms with Crippen LogP contribution in [0.1, 0.15) is 74.3 Å². The second-order valence-corrected chi connectivity index (χ2v) is 22.9. The van der Waals surface area contributed by atoms with Crippen molar-refractivity contribution in [3.05, 3.63) is 29.8 Å². The van der Waals surface area contributed by atoms with Gasteiger partial charge in [-0.15, -0.1) is 0 Å². The summed E-state index contributed by atoms with van der Waals surface area (Å²) in [5.41, 5.74) is 0.215. The first-order valence-electron chi connectivity index (χ1n) is 13.3. The smallest absolute Gasteiger partial charge is 0.193 e. The molecule has 0 radical (unpaired) electrons. The van der Waals surface area contributed by atoms with Gasteiger partial charge in [-0.1, -0.05) is 67.5 Å². The van der Waals surface area contributed by atoms with E-state index in [1.54, 1.807) is 7.11 Å². The van der Waals surface area contributed by atoms with Gasteiger partial charge in [0.25, 0.3) is 0 Å². The van der Waals surface area contributed by atoms with Crippen molar-refractivity contribution >= 4 is 22.9 Å². The summed E-state index contributed by atoms with van der Waals surface area (Å²) >= 11 is 0. The number of methoxy groups -OCH3 is 1. The molecule has 0 heterocycles. The van der Waals surface area contributed by atoms with Crippen LogP contribution in [-0.2, 0) is 25.0 Å². The van der Waals surface area contributed by atoms with Crippen LogP contribution in [0.2, 0.25) is 36.3 Å². The van der Waals surface area contributed by atoms with Crippen molar-refractivity contribution in [2.45, 2.75) is 129 Å². The molecule has 0 aromatic heterocycles. The molecule has 0 saturated heterocycles. The van der Waals surface area contributed by atoms with E-state index in [1.165, 1.54) is 0 Å². The Morgan fingerprint density at radius 3 is 1.78 bits per heavy atom. The zero-order chi connectivity index (χ0) is 28.2. The lowest BCUT2D eigenvalue weighted by Crippen LogP contribution is -2.64. The van der Waals surface area contributed by atoms with Crippen LogP contribution in [0.25, 0.3) is 0 Å². The summed E-state index contributed by atoms with van der Waals surface area (Å²) in [6, 6.07) is 7.85. The molecule has 1 rings (SSSR count). The van der Waals surface area contributed by atoms with Crippen LogP contribution in [0.5, 0.6) is 5.75 Å². The predicted octanol–water partition coefficient (Wildman–Crippen LogP) is 8.00. The first-order valence-corrected chi connectivity index (χ1v) is 19.1. The third-order valence-corrected chi connectivity index (χ3v) is 17.4. The summed E-state index contributed by atoms with van der Waals surface area (Å²) in [5, 5.41) is 0.0441. The topological polar surface area (TPSA) is 54.0 Å². The van der Waals surface area contributed by atoms with Gasteiger partial charge in [0.05, 0.1) is 25.9 Å². The maximum absolute atomic E-state index is 12.2. The summed E-state index contributed by atoms with van der Waals surface area (Å²) in [6.07, 6.45) is 1.08. The largest absolute Gasteiger partial charge is 0.497 e. The molecule has 1 aromatic carbocycles. The minimum Gasteiger partial charge on any atom is -0.497 e. The molecule has 4 atom stereocenters. The van der Waals surface area contributed by atoms with Crippen molar-refractivity contribution in [3.63, 3.8) is 0 Å². The van der Waals surface area contributed by atoms with Gasteiger partial charge in [0.1, 0.15) is 17.6 Å². The Balaban J connectivity index is 3.57. The van der Waals surface area contributed by atoms with E-state index in [0.29, 0.717) is 6.61 Å². The average molecular weight is 539 g/mol. The van der Waals surface area contributed by atoms with E-state index in [-0.39, 0.29) is 22.1 Å². The van der Waals surface area contributed by atoms with E-state index in [0.717, 1.165) is 24.0 Å². The quantitative estimate of drug-likeness (QED) is 0.188. The van der Waals surface area contributed by atoms with E-state index in [1.807, 2.05) is 31.2 Å². The van der Waals surface area contributed by atoms with Crippen LogP contribution in [-0.4, -0.2) is 47.8 Å². The molecule has 1 aromatic rings. The molecule has 0 unspecified atom stereocenters. The summed E-state index contributed by atoms with van der Waals surface area (Å²) in [5.74, 6) is 0.437. The number of ether oxygens (including phenoxy) is 2. The standard InChI is InChI=1S/C29H54O5Si2/c1-15-25(33-35(11,12)27(3,4)5)29(9,34-36(13,14)28(6,7)8)26(22(2)20-30)32-21-23-16-18-24(31-10)19-17-23/h16-20,22,25-26H,15,21H2,1-14H3/t22-,25+,26+,29+/m0/s1. The molecule has 7 heteroatoms. The van der Waals surface area contributed by atoms with Crippen LogP contribution in [0.3, 0.4) is 0 Å². The average Bonchev–Trinajstić information content (AvgIpc) is 2.75. The van der Waals surface area contributed by atoms with E-state index in [9.17, 15) is 4.79 Å². The summed E-state index contributed by atoms with van der Waals surface area (Å²) < 4.78 is 26.2. The fourth-order valence-corrected chi connectivity index (χ4v) is 7.09. The number of carbonyl (C=O) groups is 1. The Labute approximate surface area is 223 Å². The number of carbonyl (C=O) groups excluding carboxylic acids is 1. The summed E-state index contributed by atoms with van der Waals surface area (Å²) in [7, 11) is -2.73. The van der Waals surface area contributed by atoms with Gasteiger partial charge in [-0.2, -0.15) is 0 Å². The van der Waals surface area contributed by atoms with Gasteiger partial charge in [0.2, 0.25) is 0 Å². The van der Waals surface area contributed by atoms with Gasteiger partial charge in [-0.25, -0.2) is 0 Å². The molecule has 0 bridgehead atoms. The van der Waals surface area contributed by atoms with Crippen LogP contribution in [0, 0.1) is 5.92 Å². The summed E-state index contributed by atoms with van der Waals surface area (Å²) in [6.45, 7) is 29.1. The zero-order valence-corrected chi connectivity index (χ0v) is 27.6. The van der Waals surface area contributed by atoms with E-state index < -0.39 is 28.3 Å². The molecule has 36 heavy (non-hydrogen) atoms. The number of aldehydes is 1. The zero-order valence-electron chi connectivity index (χ0n) is 25.6. The Morgan fingerprint density at radius 2 is 1.39 bits per heavy atom. The lowest BCUT2D eigenvalue weighted by Gasteiger charge is -2.53. The lowest BCUT2D eigenvalue weighted by molar-refractivity contribution is -0.166. The van der Waals surface area contributed by atoms with E-state index in [2.05, 4.69) is 81.6 Å². The molecule has 0 aliphatic carbocycles. The Bertz CT molecular complexity index is 824. The molecule has 0 N–H and O–H groups in total. The Hall–Kier alpha value is -0.996. The predicted molar refractivity (Wildman–Crippen MR) is 156 cm³/mol. The minimum absolute atomic E-state index is 0.00548. The minimum atomic E-state index is -2.26. The van der Waals surface area contributed by atoms with Gasteiger partial charge < -0.3 is 23.1 Å². The second kappa shape index (κ2) is 12.2. The monoisotopic (exact) mass is 538 g/mol. The number of hydrogen-bond donors (Lipinski definition) is 0. The van der Waals surface area contributed by atoms with Crippen molar-refractivity contribution in [3.8, 4) is 5.75 Å². The highest BCUT2D eigenvalue weighted by atomic mass is 28.4.